The van der Waals surface area contributed by atoms with Crippen LogP contribution in [0.1, 0.15) is 45.9 Å². The molecule has 2 unspecified atom stereocenters. The molecule has 102 valence electrons. The van der Waals surface area contributed by atoms with Gasteiger partial charge in [0.05, 0.1) is 12.7 Å². The van der Waals surface area contributed by atoms with E-state index in [1.807, 2.05) is 4.68 Å². The smallest absolute Gasteiger partial charge is 0.159 e. The standard InChI is InChI=1S/C13H23N3O2/c1-4-6-16-12(14-9-15-16)13(17)5-7-18-11(8-13)10(2)3/h9-11,17H,4-8H2,1-3H3. The van der Waals surface area contributed by atoms with Crippen molar-refractivity contribution in [3.8, 4) is 0 Å². The van der Waals surface area contributed by atoms with E-state index in [0.717, 1.165) is 13.0 Å². The van der Waals surface area contributed by atoms with Gasteiger partial charge in [-0.25, -0.2) is 9.67 Å². The molecule has 1 fully saturated rings. The Hall–Kier alpha value is -0.940. The fourth-order valence-electron chi connectivity index (χ4n) is 2.50. The van der Waals surface area contributed by atoms with Gasteiger partial charge in [-0.3, -0.25) is 0 Å². The maximum absolute atomic E-state index is 10.9. The van der Waals surface area contributed by atoms with Gasteiger partial charge in [-0.05, 0) is 12.3 Å². The van der Waals surface area contributed by atoms with E-state index >= 15 is 0 Å². The third kappa shape index (κ3) is 2.57. The summed E-state index contributed by atoms with van der Waals surface area (Å²) in [4.78, 5) is 4.27. The number of nitrogens with zero attached hydrogens (tertiary/aromatic N) is 3. The Morgan fingerprint density at radius 2 is 2.39 bits per heavy atom. The molecule has 0 aromatic carbocycles. The van der Waals surface area contributed by atoms with E-state index in [1.165, 1.54) is 6.33 Å². The molecule has 0 radical (unpaired) electrons. The van der Waals surface area contributed by atoms with E-state index < -0.39 is 5.60 Å². The fourth-order valence-corrected chi connectivity index (χ4v) is 2.50. The molecule has 1 aromatic heterocycles. The van der Waals surface area contributed by atoms with Gasteiger partial charge in [-0.15, -0.1) is 0 Å². The van der Waals surface area contributed by atoms with Gasteiger partial charge in [0, 0.05) is 19.4 Å². The number of rotatable bonds is 4. The first-order valence-corrected chi connectivity index (χ1v) is 6.79. The minimum absolute atomic E-state index is 0.0931. The van der Waals surface area contributed by atoms with Crippen LogP contribution >= 0.6 is 0 Å². The van der Waals surface area contributed by atoms with Gasteiger partial charge < -0.3 is 9.84 Å². The number of hydrogen-bond acceptors (Lipinski definition) is 4. The lowest BCUT2D eigenvalue weighted by Gasteiger charge is -2.37. The molecule has 1 N–H and O–H groups in total. The highest BCUT2D eigenvalue weighted by Gasteiger charge is 2.41. The molecule has 18 heavy (non-hydrogen) atoms. The maximum atomic E-state index is 10.9. The lowest BCUT2D eigenvalue weighted by atomic mass is 9.85. The van der Waals surface area contributed by atoms with Crippen LogP contribution in [0.5, 0.6) is 0 Å². The molecule has 2 heterocycles. The first-order valence-electron chi connectivity index (χ1n) is 6.79. The molecule has 1 saturated heterocycles. The average molecular weight is 253 g/mol. The van der Waals surface area contributed by atoms with E-state index in [0.29, 0.717) is 31.2 Å². The number of hydrogen-bond donors (Lipinski definition) is 1. The van der Waals surface area contributed by atoms with E-state index in [4.69, 9.17) is 4.74 Å². The second-order valence-corrected chi connectivity index (χ2v) is 5.45. The molecule has 0 saturated carbocycles. The minimum atomic E-state index is -0.890. The second-order valence-electron chi connectivity index (χ2n) is 5.45. The Morgan fingerprint density at radius 1 is 1.61 bits per heavy atom. The van der Waals surface area contributed by atoms with Gasteiger partial charge in [0.1, 0.15) is 11.9 Å². The summed E-state index contributed by atoms with van der Waals surface area (Å²) in [6.45, 7) is 7.71. The number of aryl methyl sites for hydroxylation is 1. The molecule has 5 heteroatoms. The van der Waals surface area contributed by atoms with Gasteiger partial charge in [-0.2, -0.15) is 5.10 Å². The Balaban J connectivity index is 2.21. The molecule has 1 aromatic rings. The summed E-state index contributed by atoms with van der Waals surface area (Å²) in [5.41, 5.74) is -0.890. The third-order valence-electron chi connectivity index (χ3n) is 3.60. The third-order valence-corrected chi connectivity index (χ3v) is 3.60. The Kier molecular flexibility index (Phi) is 4.02. The van der Waals surface area contributed by atoms with Gasteiger partial charge in [0.2, 0.25) is 0 Å². The van der Waals surface area contributed by atoms with Crippen molar-refractivity contribution in [3.63, 3.8) is 0 Å². The maximum Gasteiger partial charge on any atom is 0.159 e. The second kappa shape index (κ2) is 5.36. The summed E-state index contributed by atoms with van der Waals surface area (Å²) in [7, 11) is 0. The first-order chi connectivity index (χ1) is 8.57. The van der Waals surface area contributed by atoms with Crippen LogP contribution in [-0.4, -0.2) is 32.6 Å². The van der Waals surface area contributed by atoms with Gasteiger partial charge in [0.15, 0.2) is 5.82 Å². The molecule has 2 rings (SSSR count). The molecule has 1 aliphatic heterocycles. The Morgan fingerprint density at radius 3 is 3.06 bits per heavy atom. The van der Waals surface area contributed by atoms with Crippen molar-refractivity contribution >= 4 is 0 Å². The quantitative estimate of drug-likeness (QED) is 0.887. The summed E-state index contributed by atoms with van der Waals surface area (Å²) in [5, 5.41) is 15.1. The van der Waals surface area contributed by atoms with E-state index in [-0.39, 0.29) is 6.10 Å². The Bertz CT molecular complexity index is 391. The SMILES string of the molecule is CCCn1ncnc1C1(O)CCOC(C(C)C)C1. The monoisotopic (exact) mass is 253 g/mol. The van der Waals surface area contributed by atoms with Gasteiger partial charge in [0.25, 0.3) is 0 Å². The van der Waals surface area contributed by atoms with Crippen LogP contribution in [0.4, 0.5) is 0 Å². The minimum Gasteiger partial charge on any atom is -0.382 e. The molecule has 0 bridgehead atoms. The molecule has 0 spiro atoms. The van der Waals surface area contributed by atoms with Crippen molar-refractivity contribution in [2.24, 2.45) is 5.92 Å². The molecular formula is C13H23N3O2. The molecular weight excluding hydrogens is 230 g/mol. The number of aliphatic hydroxyl groups is 1. The van der Waals surface area contributed by atoms with E-state index in [9.17, 15) is 5.11 Å². The van der Waals surface area contributed by atoms with Crippen LogP contribution in [0.2, 0.25) is 0 Å². The first kappa shape index (κ1) is 13.5. The van der Waals surface area contributed by atoms with Crippen molar-refractivity contribution in [2.75, 3.05) is 6.61 Å². The van der Waals surface area contributed by atoms with Crippen LogP contribution in [0.15, 0.2) is 6.33 Å². The van der Waals surface area contributed by atoms with E-state index in [2.05, 4.69) is 30.9 Å². The lowest BCUT2D eigenvalue weighted by Crippen LogP contribution is -2.42. The van der Waals surface area contributed by atoms with Crippen LogP contribution in [0.25, 0.3) is 0 Å². The van der Waals surface area contributed by atoms with Crippen LogP contribution < -0.4 is 0 Å². The highest BCUT2D eigenvalue weighted by atomic mass is 16.5. The summed E-state index contributed by atoms with van der Waals surface area (Å²) >= 11 is 0. The molecule has 1 aliphatic rings. The van der Waals surface area contributed by atoms with Crippen LogP contribution in [-0.2, 0) is 16.9 Å². The molecule has 0 amide bonds. The summed E-state index contributed by atoms with van der Waals surface area (Å²) in [5.74, 6) is 1.10. The zero-order valence-corrected chi connectivity index (χ0v) is 11.5. The predicted octanol–water partition coefficient (Wildman–Crippen LogP) is 1.71. The molecule has 0 aliphatic carbocycles. The average Bonchev–Trinajstić information content (AvgIpc) is 2.78. The van der Waals surface area contributed by atoms with E-state index in [1.54, 1.807) is 0 Å². The van der Waals surface area contributed by atoms with Crippen LogP contribution in [0, 0.1) is 5.92 Å². The Labute approximate surface area is 108 Å². The van der Waals surface area contributed by atoms with Crippen LogP contribution in [0.3, 0.4) is 0 Å². The topological polar surface area (TPSA) is 60.2 Å². The van der Waals surface area contributed by atoms with Crippen molar-refractivity contribution in [2.45, 2.75) is 58.3 Å². The summed E-state index contributed by atoms with van der Waals surface area (Å²) in [6.07, 6.45) is 3.81. The fraction of sp³-hybridized carbons (Fsp3) is 0.846. The van der Waals surface area contributed by atoms with Crippen molar-refractivity contribution in [3.05, 3.63) is 12.2 Å². The summed E-state index contributed by atoms with van der Waals surface area (Å²) < 4.78 is 7.54. The number of ether oxygens (including phenoxy) is 1. The normalized spacial score (nSPS) is 28.8. The van der Waals surface area contributed by atoms with Crippen molar-refractivity contribution in [1.29, 1.82) is 0 Å². The predicted molar refractivity (Wildman–Crippen MR) is 68.0 cm³/mol. The molecule has 2 atom stereocenters. The molecule has 5 nitrogen and oxygen atoms in total. The zero-order chi connectivity index (χ0) is 13.2. The highest BCUT2D eigenvalue weighted by molar-refractivity contribution is 5.04. The van der Waals surface area contributed by atoms with Crippen molar-refractivity contribution < 1.29 is 9.84 Å². The zero-order valence-electron chi connectivity index (χ0n) is 11.5. The van der Waals surface area contributed by atoms with Gasteiger partial charge >= 0.3 is 0 Å². The highest BCUT2D eigenvalue weighted by Crippen LogP contribution is 2.35. The summed E-state index contributed by atoms with van der Waals surface area (Å²) in [6, 6.07) is 0. The number of aromatic nitrogens is 3. The van der Waals surface area contributed by atoms with Crippen molar-refractivity contribution in [1.82, 2.24) is 14.8 Å². The largest absolute Gasteiger partial charge is 0.382 e. The van der Waals surface area contributed by atoms with Gasteiger partial charge in [-0.1, -0.05) is 20.8 Å². The lowest BCUT2D eigenvalue weighted by molar-refractivity contribution is -0.126.